The van der Waals surface area contributed by atoms with E-state index in [0.29, 0.717) is 23.2 Å². The zero-order chi connectivity index (χ0) is 23.8. The summed E-state index contributed by atoms with van der Waals surface area (Å²) in [6.07, 6.45) is 1.64. The number of sulfone groups is 1. The Balaban J connectivity index is 1.66. The van der Waals surface area contributed by atoms with Crippen LogP contribution >= 0.6 is 0 Å². The Bertz CT molecular complexity index is 1430. The number of benzene rings is 2. The maximum atomic E-state index is 12.4. The molecule has 2 aromatic carbocycles. The van der Waals surface area contributed by atoms with Gasteiger partial charge in [0.1, 0.15) is 11.6 Å². The molecule has 0 unspecified atom stereocenters. The Labute approximate surface area is 193 Å². The van der Waals surface area contributed by atoms with E-state index in [9.17, 15) is 8.42 Å². The molecule has 0 aliphatic rings. The number of nitrogens with one attached hydrogen (secondary N) is 1. The fourth-order valence-electron chi connectivity index (χ4n) is 3.55. The van der Waals surface area contributed by atoms with Crippen molar-refractivity contribution < 1.29 is 13.2 Å². The maximum Gasteiger partial charge on any atom is 0.229 e. The third-order valence-corrected chi connectivity index (χ3v) is 7.35. The van der Waals surface area contributed by atoms with Crippen LogP contribution in [0.25, 0.3) is 10.9 Å². The quantitative estimate of drug-likeness (QED) is 0.436. The molecule has 9 nitrogen and oxygen atoms in total. The Morgan fingerprint density at radius 3 is 2.67 bits per heavy atom. The molecule has 0 saturated carbocycles. The number of aromatic nitrogens is 4. The highest BCUT2D eigenvalue weighted by atomic mass is 32.2. The summed E-state index contributed by atoms with van der Waals surface area (Å²) in [5.41, 5.74) is 3.38. The van der Waals surface area contributed by atoms with Crippen LogP contribution in [0.4, 0.5) is 23.1 Å². The fraction of sp³-hybridized carbons (Fsp3) is 0.261. The minimum atomic E-state index is -3.36. The average Bonchev–Trinajstić information content (AvgIpc) is 3.11. The minimum absolute atomic E-state index is 0.0181. The molecule has 10 heteroatoms. The molecule has 172 valence electrons. The zero-order valence-corrected chi connectivity index (χ0v) is 20.0. The number of anilines is 4. The summed E-state index contributed by atoms with van der Waals surface area (Å²) in [6.45, 7) is 3.65. The molecule has 0 aliphatic carbocycles. The van der Waals surface area contributed by atoms with Crippen molar-refractivity contribution in [2.75, 3.05) is 30.1 Å². The number of hydrogen-bond donors (Lipinski definition) is 1. The SMILES string of the molecule is CCS(=O)(=O)c1ccc(OC)c(N(C)c2ccnc(Nc3ccc4c(C)n(C)nc4c3)n2)c1. The van der Waals surface area contributed by atoms with Gasteiger partial charge in [-0.2, -0.15) is 10.1 Å². The van der Waals surface area contributed by atoms with Gasteiger partial charge in [-0.15, -0.1) is 0 Å². The maximum absolute atomic E-state index is 12.4. The summed E-state index contributed by atoms with van der Waals surface area (Å²) in [6, 6.07) is 12.5. The molecular formula is C23H26N6O3S. The van der Waals surface area contributed by atoms with Gasteiger partial charge in [0.05, 0.1) is 29.0 Å². The van der Waals surface area contributed by atoms with E-state index in [1.165, 1.54) is 0 Å². The van der Waals surface area contributed by atoms with Crippen LogP contribution in [0.3, 0.4) is 0 Å². The number of ether oxygens (including phenoxy) is 1. The largest absolute Gasteiger partial charge is 0.495 e. The minimum Gasteiger partial charge on any atom is -0.495 e. The van der Waals surface area contributed by atoms with E-state index < -0.39 is 9.84 Å². The number of rotatable bonds is 7. The number of hydrogen-bond acceptors (Lipinski definition) is 8. The molecule has 1 N–H and O–H groups in total. The Hall–Kier alpha value is -3.66. The molecule has 0 amide bonds. The van der Waals surface area contributed by atoms with Crippen LogP contribution in [-0.4, -0.2) is 48.1 Å². The lowest BCUT2D eigenvalue weighted by Gasteiger charge is -2.22. The van der Waals surface area contributed by atoms with E-state index in [0.717, 1.165) is 22.3 Å². The van der Waals surface area contributed by atoms with E-state index in [2.05, 4.69) is 20.4 Å². The summed E-state index contributed by atoms with van der Waals surface area (Å²) < 4.78 is 32.1. The van der Waals surface area contributed by atoms with E-state index >= 15 is 0 Å². The van der Waals surface area contributed by atoms with Gasteiger partial charge in [-0.3, -0.25) is 4.68 Å². The first kappa shape index (κ1) is 22.5. The van der Waals surface area contributed by atoms with Gasteiger partial charge < -0.3 is 15.0 Å². The third kappa shape index (κ3) is 4.34. The number of nitrogens with zero attached hydrogens (tertiary/aromatic N) is 5. The fourth-order valence-corrected chi connectivity index (χ4v) is 4.45. The smallest absolute Gasteiger partial charge is 0.229 e. The monoisotopic (exact) mass is 466 g/mol. The summed E-state index contributed by atoms with van der Waals surface area (Å²) in [4.78, 5) is 10.9. The highest BCUT2D eigenvalue weighted by Gasteiger charge is 2.18. The van der Waals surface area contributed by atoms with Gasteiger partial charge in [0, 0.05) is 37.1 Å². The number of aryl methyl sites for hydroxylation is 2. The van der Waals surface area contributed by atoms with Crippen molar-refractivity contribution in [2.24, 2.45) is 7.05 Å². The molecular weight excluding hydrogens is 440 g/mol. The molecule has 33 heavy (non-hydrogen) atoms. The van der Waals surface area contributed by atoms with Crippen molar-refractivity contribution >= 4 is 43.9 Å². The molecule has 0 radical (unpaired) electrons. The predicted molar refractivity (Wildman–Crippen MR) is 130 cm³/mol. The summed E-state index contributed by atoms with van der Waals surface area (Å²) in [5, 5.41) is 8.83. The van der Waals surface area contributed by atoms with Crippen molar-refractivity contribution in [3.8, 4) is 5.75 Å². The number of methoxy groups -OCH3 is 1. The van der Waals surface area contributed by atoms with Crippen molar-refractivity contribution in [3.63, 3.8) is 0 Å². The molecule has 2 heterocycles. The molecule has 0 aliphatic heterocycles. The Kier molecular flexibility index (Phi) is 5.94. The van der Waals surface area contributed by atoms with Crippen LogP contribution in [0.15, 0.2) is 53.6 Å². The molecule has 0 bridgehead atoms. The third-order valence-electron chi connectivity index (χ3n) is 5.62. The van der Waals surface area contributed by atoms with Gasteiger partial charge in [-0.05, 0) is 49.4 Å². The van der Waals surface area contributed by atoms with Gasteiger partial charge in [0.25, 0.3) is 0 Å². The van der Waals surface area contributed by atoms with Crippen molar-refractivity contribution in [3.05, 3.63) is 54.4 Å². The van der Waals surface area contributed by atoms with Crippen LogP contribution in [0.5, 0.6) is 5.75 Å². The highest BCUT2D eigenvalue weighted by molar-refractivity contribution is 7.91. The molecule has 0 spiro atoms. The van der Waals surface area contributed by atoms with Gasteiger partial charge in [0.15, 0.2) is 9.84 Å². The van der Waals surface area contributed by atoms with E-state index in [1.807, 2.05) is 36.9 Å². The molecule has 0 atom stereocenters. The Morgan fingerprint density at radius 1 is 1.15 bits per heavy atom. The van der Waals surface area contributed by atoms with Crippen LogP contribution in [0, 0.1) is 6.92 Å². The second-order valence-electron chi connectivity index (χ2n) is 7.60. The molecule has 0 fully saturated rings. The summed E-state index contributed by atoms with van der Waals surface area (Å²) >= 11 is 0. The molecule has 0 saturated heterocycles. The summed E-state index contributed by atoms with van der Waals surface area (Å²) in [7, 11) is 1.90. The second-order valence-corrected chi connectivity index (χ2v) is 9.88. The lowest BCUT2D eigenvalue weighted by atomic mass is 10.2. The average molecular weight is 467 g/mol. The second kappa shape index (κ2) is 8.70. The van der Waals surface area contributed by atoms with Crippen LogP contribution in [0.1, 0.15) is 12.6 Å². The van der Waals surface area contributed by atoms with Gasteiger partial charge in [0.2, 0.25) is 5.95 Å². The first-order valence-corrected chi connectivity index (χ1v) is 12.1. The highest BCUT2D eigenvalue weighted by Crippen LogP contribution is 2.34. The van der Waals surface area contributed by atoms with Crippen LogP contribution in [0.2, 0.25) is 0 Å². The van der Waals surface area contributed by atoms with Crippen LogP contribution < -0.4 is 15.0 Å². The number of fused-ring (bicyclic) bond motifs is 1. The lowest BCUT2D eigenvalue weighted by Crippen LogP contribution is -2.14. The molecule has 4 aromatic rings. The Morgan fingerprint density at radius 2 is 1.94 bits per heavy atom. The topological polar surface area (TPSA) is 102 Å². The summed E-state index contributed by atoms with van der Waals surface area (Å²) in [5.74, 6) is 1.54. The first-order valence-electron chi connectivity index (χ1n) is 10.4. The van der Waals surface area contributed by atoms with E-state index in [4.69, 9.17) is 4.74 Å². The van der Waals surface area contributed by atoms with Crippen molar-refractivity contribution in [2.45, 2.75) is 18.7 Å². The van der Waals surface area contributed by atoms with E-state index in [-0.39, 0.29) is 10.6 Å². The van der Waals surface area contributed by atoms with Crippen molar-refractivity contribution in [1.29, 1.82) is 0 Å². The molecule has 2 aromatic heterocycles. The van der Waals surface area contributed by atoms with Gasteiger partial charge in [-0.25, -0.2) is 13.4 Å². The van der Waals surface area contributed by atoms with E-state index in [1.54, 1.807) is 56.4 Å². The van der Waals surface area contributed by atoms with Gasteiger partial charge >= 0.3 is 0 Å². The van der Waals surface area contributed by atoms with Crippen molar-refractivity contribution in [1.82, 2.24) is 19.7 Å². The normalized spacial score (nSPS) is 11.5. The molecule has 4 rings (SSSR count). The predicted octanol–water partition coefficient (Wildman–Crippen LogP) is 3.99. The first-order chi connectivity index (χ1) is 15.7. The standard InChI is InChI=1S/C23H26N6O3S/c1-6-33(30,31)17-8-10-21(32-5)20(14-17)28(3)22-11-12-24-23(26-22)25-16-7-9-18-15(2)29(4)27-19(18)13-16/h7-14H,6H2,1-5H3,(H,24,25,26). The van der Waals surface area contributed by atoms with Gasteiger partial charge in [-0.1, -0.05) is 6.92 Å². The van der Waals surface area contributed by atoms with Crippen LogP contribution in [-0.2, 0) is 16.9 Å². The zero-order valence-electron chi connectivity index (χ0n) is 19.2. The lowest BCUT2D eigenvalue weighted by molar-refractivity contribution is 0.415.